The number of hydrogen-bond donors (Lipinski definition) is 0. The Hall–Kier alpha value is -6.85. The van der Waals surface area contributed by atoms with Gasteiger partial charge in [0.25, 0.3) is 0 Å². The third kappa shape index (κ3) is 4.52. The van der Waals surface area contributed by atoms with Crippen LogP contribution in [-0.2, 0) is 0 Å². The van der Waals surface area contributed by atoms with Crippen molar-refractivity contribution in [3.8, 4) is 51.0 Å². The van der Waals surface area contributed by atoms with Gasteiger partial charge < -0.3 is 8.98 Å². The number of hydrogen-bond acceptors (Lipinski definition) is 4. The molecule has 5 nitrogen and oxygen atoms in total. The normalized spacial score (nSPS) is 19.4. The molecule has 0 N–H and O–H groups in total. The molecule has 3 heterocycles. The molecular formula is C45H28N4O. The van der Waals surface area contributed by atoms with Gasteiger partial charge in [-0.15, -0.1) is 0 Å². The fraction of sp³-hybridized carbons (Fsp3) is 0. The van der Waals surface area contributed by atoms with Gasteiger partial charge in [-0.1, -0.05) is 133 Å². The van der Waals surface area contributed by atoms with E-state index in [1.54, 1.807) is 0 Å². The number of aromatic nitrogens is 4. The maximum absolute atomic E-state index is 10.0. The van der Waals surface area contributed by atoms with E-state index >= 15 is 0 Å². The topological polar surface area (TPSA) is 56.7 Å². The van der Waals surface area contributed by atoms with Gasteiger partial charge in [-0.3, -0.25) is 0 Å². The van der Waals surface area contributed by atoms with Crippen LogP contribution in [0.4, 0.5) is 0 Å². The van der Waals surface area contributed by atoms with Crippen molar-refractivity contribution in [3.63, 3.8) is 0 Å². The van der Waals surface area contributed by atoms with Crippen LogP contribution in [0.25, 0.3) is 94.7 Å². The highest BCUT2D eigenvalue weighted by Gasteiger charge is 2.21. The first kappa shape index (κ1) is 11.9. The number of benzene rings is 7. The van der Waals surface area contributed by atoms with Crippen LogP contribution < -0.4 is 0 Å². The Morgan fingerprint density at radius 1 is 0.440 bits per heavy atom. The monoisotopic (exact) mass is 668 g/mol. The summed E-state index contributed by atoms with van der Waals surface area (Å²) in [5, 5.41) is -2.42. The number of fused-ring (bicyclic) bond motifs is 6. The Balaban J connectivity index is 1.49. The molecule has 0 unspecified atom stereocenters. The molecule has 0 aliphatic rings. The Morgan fingerprint density at radius 2 is 1.02 bits per heavy atom. The van der Waals surface area contributed by atoms with E-state index in [9.17, 15) is 9.60 Å². The summed E-state index contributed by atoms with van der Waals surface area (Å²) in [4.78, 5) is 13.1. The molecule has 0 aliphatic carbocycles. The second-order valence-electron chi connectivity index (χ2n) is 10.3. The molecule has 5 heteroatoms. The highest BCUT2D eigenvalue weighted by atomic mass is 16.3. The lowest BCUT2D eigenvalue weighted by molar-refractivity contribution is 0.669. The van der Waals surface area contributed by atoms with E-state index in [0.717, 1.165) is 4.57 Å². The van der Waals surface area contributed by atoms with Crippen LogP contribution in [0.2, 0.25) is 0 Å². The largest absolute Gasteiger partial charge is 0.456 e. The zero-order valence-corrected chi connectivity index (χ0v) is 24.7. The molecule has 7 aromatic carbocycles. The lowest BCUT2D eigenvalue weighted by Crippen LogP contribution is -2.02. The molecule has 3 aromatic heterocycles. The number of furan rings is 1. The van der Waals surface area contributed by atoms with Crippen molar-refractivity contribution in [1.29, 1.82) is 0 Å². The lowest BCUT2D eigenvalue weighted by atomic mass is 9.99. The molecule has 0 atom stereocenters. The molecule has 10 aromatic rings. The molecule has 0 bridgehead atoms. The molecule has 0 fully saturated rings. The zero-order chi connectivity index (χ0) is 57.4. The summed E-state index contributed by atoms with van der Waals surface area (Å²) in [5.41, 5.74) is -7.36. The van der Waals surface area contributed by atoms with E-state index in [0.29, 0.717) is 0 Å². The first-order valence-corrected chi connectivity index (χ1v) is 14.4. The molecule has 10 rings (SSSR count). The summed E-state index contributed by atoms with van der Waals surface area (Å²) in [6, 6.07) is -25.9. The third-order valence-electron chi connectivity index (χ3n) is 7.55. The predicted octanol–water partition coefficient (Wildman–Crippen LogP) is 11.5. The summed E-state index contributed by atoms with van der Waals surface area (Å²) in [7, 11) is 0. The first-order valence-electron chi connectivity index (χ1n) is 28.4. The van der Waals surface area contributed by atoms with Crippen molar-refractivity contribution in [1.82, 2.24) is 19.5 Å². The van der Waals surface area contributed by atoms with Gasteiger partial charge in [-0.2, -0.15) is 0 Å². The minimum absolute atomic E-state index is 0.558. The van der Waals surface area contributed by atoms with Crippen LogP contribution in [0, 0.1) is 0 Å². The summed E-state index contributed by atoms with van der Waals surface area (Å²) in [6.45, 7) is 0. The van der Waals surface area contributed by atoms with E-state index < -0.39 is 264 Å². The van der Waals surface area contributed by atoms with Crippen molar-refractivity contribution in [2.45, 2.75) is 0 Å². The maximum atomic E-state index is 10.0. The lowest BCUT2D eigenvalue weighted by Gasteiger charge is -2.13. The summed E-state index contributed by atoms with van der Waals surface area (Å²) >= 11 is 0. The molecule has 0 radical (unpaired) electrons. The number of rotatable bonds is 5. The summed E-state index contributed by atoms with van der Waals surface area (Å²) in [6.07, 6.45) is 0. The fourth-order valence-electron chi connectivity index (χ4n) is 5.51. The zero-order valence-electron chi connectivity index (χ0n) is 52.7. The molecule has 0 spiro atoms. The number of para-hydroxylation sites is 2. The summed E-state index contributed by atoms with van der Waals surface area (Å²) < 4.78 is 255. The Morgan fingerprint density at radius 3 is 1.74 bits per heavy atom. The molecule has 0 saturated carbocycles. The van der Waals surface area contributed by atoms with Gasteiger partial charge in [0.1, 0.15) is 11.2 Å². The van der Waals surface area contributed by atoms with E-state index in [1.165, 1.54) is 0 Å². The van der Waals surface area contributed by atoms with Gasteiger partial charge in [0.2, 0.25) is 0 Å². The van der Waals surface area contributed by atoms with Crippen molar-refractivity contribution in [2.24, 2.45) is 0 Å². The maximum Gasteiger partial charge on any atom is 0.166 e. The quantitative estimate of drug-likeness (QED) is 0.183. The minimum Gasteiger partial charge on any atom is -0.456 e. The Kier molecular flexibility index (Phi) is 2.72. The molecule has 0 amide bonds. The fourth-order valence-corrected chi connectivity index (χ4v) is 5.51. The average Bonchev–Trinajstić information content (AvgIpc) is 4.13. The van der Waals surface area contributed by atoms with Gasteiger partial charge in [-0.25, -0.2) is 15.0 Å². The van der Waals surface area contributed by atoms with Crippen molar-refractivity contribution >= 4 is 43.7 Å². The SMILES string of the molecule is [2H]c1c([2H])c([2H])c(-c2nc(-c3c([2H])c([2H])c([2H])c([2H])c3[2H])nc(-c3c([2H])c([2H])c([2H])c4c5c([2H])c([2H])c([2H])c([2H])c5n(-c5c([2H])c([2H])c6oc7c([2H])c([2H])c([2H])c(-c8c([2H])c([2H])c([2H])c([2H])c8[2H])c7c6c5[2H])c34)n2)c([2H])c1[2H]. The first-order chi connectivity index (χ1) is 36.4. The van der Waals surface area contributed by atoms with Crippen LogP contribution in [0.3, 0.4) is 0 Å². The van der Waals surface area contributed by atoms with E-state index in [4.69, 9.17) is 33.2 Å². The molecule has 234 valence electrons. The standard InChI is InChI=1S/C45H28N4O/c1-4-14-29(15-5-1)33-21-13-25-40-41(33)37-28-32(26-27-39(37)50-40)49-38-24-11-10-20-34(38)35-22-12-23-36(42(35)49)45-47-43(30-16-6-2-7-17-30)46-44(48-45)31-18-8-3-9-19-31/h1-28H/i1D,2D,3D,4D,5D,6D,7D,8D,9D,10D,11D,12D,13D,14D,15D,16D,17D,18D,19D,20D,21D,22D,23D,24D,25D,26D,27D,28D. The van der Waals surface area contributed by atoms with Crippen LogP contribution in [-0.4, -0.2) is 19.5 Å². The summed E-state index contributed by atoms with van der Waals surface area (Å²) in [5.74, 6) is -2.65. The van der Waals surface area contributed by atoms with Crippen molar-refractivity contribution < 1.29 is 42.8 Å². The van der Waals surface area contributed by atoms with Gasteiger partial charge in [0.05, 0.1) is 49.4 Å². The van der Waals surface area contributed by atoms with Gasteiger partial charge in [0, 0.05) is 43.9 Å². The Labute approximate surface area is 327 Å². The Bertz CT molecular complexity index is 4320. The van der Waals surface area contributed by atoms with Crippen LogP contribution in [0.5, 0.6) is 0 Å². The van der Waals surface area contributed by atoms with Gasteiger partial charge in [0.15, 0.2) is 17.5 Å². The number of nitrogens with zero attached hydrogens (tertiary/aromatic N) is 4. The van der Waals surface area contributed by atoms with E-state index in [2.05, 4.69) is 15.0 Å². The molecule has 0 saturated heterocycles. The van der Waals surface area contributed by atoms with Crippen LogP contribution >= 0.6 is 0 Å². The second kappa shape index (κ2) is 11.4. The van der Waals surface area contributed by atoms with Gasteiger partial charge in [-0.05, 0) is 47.4 Å². The molecule has 50 heavy (non-hydrogen) atoms. The third-order valence-corrected chi connectivity index (χ3v) is 7.55. The highest BCUT2D eigenvalue weighted by Crippen LogP contribution is 2.41. The van der Waals surface area contributed by atoms with Gasteiger partial charge >= 0.3 is 0 Å². The second-order valence-corrected chi connectivity index (χ2v) is 10.3. The van der Waals surface area contributed by atoms with Crippen molar-refractivity contribution in [3.05, 3.63) is 169 Å². The van der Waals surface area contributed by atoms with Crippen LogP contribution in [0.1, 0.15) is 38.4 Å². The van der Waals surface area contributed by atoms with Crippen LogP contribution in [0.15, 0.2) is 174 Å². The van der Waals surface area contributed by atoms with E-state index in [-0.39, 0.29) is 0 Å². The smallest absolute Gasteiger partial charge is 0.166 e. The molecule has 0 aliphatic heterocycles. The average molecular weight is 669 g/mol. The highest BCUT2D eigenvalue weighted by molar-refractivity contribution is 6.15. The van der Waals surface area contributed by atoms with E-state index in [1.807, 2.05) is 0 Å². The molecular weight excluding hydrogens is 613 g/mol. The predicted molar refractivity (Wildman–Crippen MR) is 203 cm³/mol. The minimum atomic E-state index is -1.04. The van der Waals surface area contributed by atoms with Crippen molar-refractivity contribution in [2.75, 3.05) is 0 Å².